The summed E-state index contributed by atoms with van der Waals surface area (Å²) in [5.41, 5.74) is 1.17. The highest BCUT2D eigenvalue weighted by Crippen LogP contribution is 2.12. The van der Waals surface area contributed by atoms with Crippen LogP contribution >= 0.6 is 0 Å². The maximum Gasteiger partial charge on any atom is 0.128 e. The van der Waals surface area contributed by atoms with Crippen molar-refractivity contribution in [2.24, 2.45) is 0 Å². The zero-order valence-corrected chi connectivity index (χ0v) is 8.57. The number of hydrogen-bond donors (Lipinski definition) is 1. The topological polar surface area (TPSA) is 41.3 Å². The van der Waals surface area contributed by atoms with Crippen molar-refractivity contribution in [1.29, 1.82) is 0 Å². The summed E-state index contributed by atoms with van der Waals surface area (Å²) < 4.78 is 4.82. The third kappa shape index (κ3) is 2.33. The molecule has 0 aromatic carbocycles. The van der Waals surface area contributed by atoms with Crippen molar-refractivity contribution in [3.63, 3.8) is 0 Å². The van der Waals surface area contributed by atoms with Crippen molar-refractivity contribution in [2.75, 3.05) is 20.1 Å². The van der Waals surface area contributed by atoms with Crippen molar-refractivity contribution in [3.05, 3.63) is 18.0 Å². The van der Waals surface area contributed by atoms with Gasteiger partial charge in [-0.2, -0.15) is 0 Å². The van der Waals surface area contributed by atoms with Gasteiger partial charge in [-0.1, -0.05) is 5.16 Å². The molecule has 1 saturated heterocycles. The van der Waals surface area contributed by atoms with Crippen LogP contribution in [-0.2, 0) is 6.54 Å². The van der Waals surface area contributed by atoms with Gasteiger partial charge in [0, 0.05) is 24.7 Å². The molecule has 1 unspecified atom stereocenters. The van der Waals surface area contributed by atoms with E-state index >= 15 is 0 Å². The maximum atomic E-state index is 4.82. The lowest BCUT2D eigenvalue weighted by Gasteiger charge is -2.31. The number of nitrogens with zero attached hydrogens (tertiary/aromatic N) is 2. The monoisotopic (exact) mass is 195 g/mol. The summed E-state index contributed by atoms with van der Waals surface area (Å²) in [6.45, 7) is 3.27. The zero-order chi connectivity index (χ0) is 9.80. The molecule has 1 atom stereocenters. The molecule has 1 aromatic rings. The first-order valence-corrected chi connectivity index (χ1v) is 5.16. The average Bonchev–Trinajstić information content (AvgIpc) is 2.71. The molecular formula is C10H17N3O. The molecule has 0 radical (unpaired) electrons. The Morgan fingerprint density at radius 1 is 1.71 bits per heavy atom. The lowest BCUT2D eigenvalue weighted by atomic mass is 10.1. The van der Waals surface area contributed by atoms with Crippen molar-refractivity contribution in [3.8, 4) is 0 Å². The Kier molecular flexibility index (Phi) is 3.16. The molecule has 4 heteroatoms. The number of aromatic nitrogens is 1. The van der Waals surface area contributed by atoms with Crippen LogP contribution in [0.5, 0.6) is 0 Å². The van der Waals surface area contributed by atoms with Crippen LogP contribution in [0.15, 0.2) is 17.0 Å². The van der Waals surface area contributed by atoms with Crippen LogP contribution in [0, 0.1) is 0 Å². The maximum absolute atomic E-state index is 4.82. The summed E-state index contributed by atoms with van der Waals surface area (Å²) >= 11 is 0. The van der Waals surface area contributed by atoms with E-state index in [-0.39, 0.29) is 0 Å². The third-order valence-corrected chi connectivity index (χ3v) is 2.80. The summed E-state index contributed by atoms with van der Waals surface area (Å²) in [6, 6.07) is 0.642. The molecule has 2 rings (SSSR count). The van der Waals surface area contributed by atoms with Gasteiger partial charge >= 0.3 is 0 Å². The highest BCUT2D eigenvalue weighted by atomic mass is 16.5. The molecule has 1 aromatic heterocycles. The van der Waals surface area contributed by atoms with Gasteiger partial charge in [-0.05, 0) is 26.4 Å². The van der Waals surface area contributed by atoms with Gasteiger partial charge in [0.25, 0.3) is 0 Å². The Morgan fingerprint density at radius 3 is 3.36 bits per heavy atom. The fraction of sp³-hybridized carbons (Fsp3) is 0.700. The second kappa shape index (κ2) is 4.57. The Labute approximate surface area is 84.3 Å². The first-order valence-electron chi connectivity index (χ1n) is 5.16. The Hall–Kier alpha value is -0.870. The molecule has 0 bridgehead atoms. The zero-order valence-electron chi connectivity index (χ0n) is 8.57. The van der Waals surface area contributed by atoms with E-state index < -0.39 is 0 Å². The summed E-state index contributed by atoms with van der Waals surface area (Å²) in [4.78, 5) is 2.44. The van der Waals surface area contributed by atoms with Crippen LogP contribution in [-0.4, -0.2) is 36.2 Å². The molecule has 4 nitrogen and oxygen atoms in total. The van der Waals surface area contributed by atoms with Crippen molar-refractivity contribution >= 4 is 0 Å². The molecule has 0 spiro atoms. The van der Waals surface area contributed by atoms with E-state index in [0.717, 1.165) is 13.1 Å². The van der Waals surface area contributed by atoms with Gasteiger partial charge in [0.05, 0.1) is 6.20 Å². The molecule has 0 saturated carbocycles. The van der Waals surface area contributed by atoms with Gasteiger partial charge in [0.2, 0.25) is 0 Å². The Bertz CT molecular complexity index is 260. The average molecular weight is 195 g/mol. The quantitative estimate of drug-likeness (QED) is 0.776. The minimum atomic E-state index is 0.642. The van der Waals surface area contributed by atoms with Gasteiger partial charge in [-0.3, -0.25) is 4.90 Å². The molecule has 0 amide bonds. The van der Waals surface area contributed by atoms with E-state index in [4.69, 9.17) is 4.52 Å². The summed E-state index contributed by atoms with van der Waals surface area (Å²) in [6.07, 6.45) is 6.08. The van der Waals surface area contributed by atoms with E-state index in [1.807, 2.05) is 7.05 Å². The highest BCUT2D eigenvalue weighted by Gasteiger charge is 2.18. The molecule has 14 heavy (non-hydrogen) atoms. The van der Waals surface area contributed by atoms with Crippen LogP contribution < -0.4 is 5.32 Å². The molecule has 2 heterocycles. The van der Waals surface area contributed by atoms with Gasteiger partial charge in [-0.25, -0.2) is 0 Å². The van der Waals surface area contributed by atoms with Crippen molar-refractivity contribution in [2.45, 2.75) is 25.4 Å². The number of hydrogen-bond acceptors (Lipinski definition) is 4. The number of likely N-dealkylation sites (tertiary alicyclic amines) is 1. The predicted molar refractivity (Wildman–Crippen MR) is 53.9 cm³/mol. The van der Waals surface area contributed by atoms with Crippen LogP contribution in [0.3, 0.4) is 0 Å². The van der Waals surface area contributed by atoms with E-state index in [2.05, 4.69) is 15.4 Å². The first-order chi connectivity index (χ1) is 6.88. The summed E-state index contributed by atoms with van der Waals surface area (Å²) in [5, 5.41) is 7.04. The Morgan fingerprint density at radius 2 is 2.64 bits per heavy atom. The van der Waals surface area contributed by atoms with Crippen molar-refractivity contribution < 1.29 is 4.52 Å². The molecular weight excluding hydrogens is 178 g/mol. The van der Waals surface area contributed by atoms with Gasteiger partial charge in [0.15, 0.2) is 0 Å². The standard InChI is InChI=1S/C10H17N3O/c1-11-10-3-2-4-13(7-10)6-9-5-12-14-8-9/h5,8,10-11H,2-4,6-7H2,1H3. The fourth-order valence-electron chi connectivity index (χ4n) is 2.00. The van der Waals surface area contributed by atoms with Crippen LogP contribution in [0.2, 0.25) is 0 Å². The molecule has 0 aliphatic carbocycles. The van der Waals surface area contributed by atoms with Crippen LogP contribution in [0.4, 0.5) is 0 Å². The second-order valence-corrected chi connectivity index (χ2v) is 3.90. The van der Waals surface area contributed by atoms with Crippen LogP contribution in [0.1, 0.15) is 18.4 Å². The number of piperidine rings is 1. The van der Waals surface area contributed by atoms with Crippen LogP contribution in [0.25, 0.3) is 0 Å². The summed E-state index contributed by atoms with van der Waals surface area (Å²) in [7, 11) is 2.04. The van der Waals surface area contributed by atoms with E-state index in [0.29, 0.717) is 6.04 Å². The first kappa shape index (κ1) is 9.68. The highest BCUT2D eigenvalue weighted by molar-refractivity contribution is 5.00. The van der Waals surface area contributed by atoms with Gasteiger partial charge in [0.1, 0.15) is 6.26 Å². The largest absolute Gasteiger partial charge is 0.364 e. The lowest BCUT2D eigenvalue weighted by molar-refractivity contribution is 0.187. The van der Waals surface area contributed by atoms with E-state index in [1.54, 1.807) is 12.5 Å². The second-order valence-electron chi connectivity index (χ2n) is 3.90. The smallest absolute Gasteiger partial charge is 0.128 e. The lowest BCUT2D eigenvalue weighted by Crippen LogP contribution is -2.43. The minimum absolute atomic E-state index is 0.642. The number of nitrogens with one attached hydrogen (secondary N) is 1. The normalized spacial score (nSPS) is 23.9. The minimum Gasteiger partial charge on any atom is -0.364 e. The molecule has 1 aliphatic heterocycles. The molecule has 1 aliphatic rings. The third-order valence-electron chi connectivity index (χ3n) is 2.80. The number of rotatable bonds is 3. The molecule has 1 fully saturated rings. The fourth-order valence-corrected chi connectivity index (χ4v) is 2.00. The van der Waals surface area contributed by atoms with Gasteiger partial charge < -0.3 is 9.84 Å². The van der Waals surface area contributed by atoms with Crippen molar-refractivity contribution in [1.82, 2.24) is 15.4 Å². The van der Waals surface area contributed by atoms with Gasteiger partial charge in [-0.15, -0.1) is 0 Å². The molecule has 1 N–H and O–H groups in total. The SMILES string of the molecule is CNC1CCCN(Cc2cnoc2)C1. The predicted octanol–water partition coefficient (Wildman–Crippen LogP) is 0.858. The molecule has 78 valence electrons. The van der Waals surface area contributed by atoms with E-state index in [1.165, 1.54) is 24.9 Å². The number of likely N-dealkylation sites (N-methyl/N-ethyl adjacent to an activating group) is 1. The van der Waals surface area contributed by atoms with E-state index in [9.17, 15) is 0 Å². The Balaban J connectivity index is 1.86. The summed E-state index contributed by atoms with van der Waals surface area (Å²) in [5.74, 6) is 0.